The minimum absolute atomic E-state index is 2.90. The summed E-state index contributed by atoms with van der Waals surface area (Å²) < 4.78 is 18.6. The maximum atomic E-state index is 9.30. The second-order valence-corrected chi connectivity index (χ2v) is 4.83. The molecule has 2 nitrogen and oxygen atoms in total. The molecule has 0 aliphatic heterocycles. The third-order valence-electron chi connectivity index (χ3n) is 0. The molecule has 5 heavy (non-hydrogen) atoms. The zero-order chi connectivity index (χ0) is 4.50. The van der Waals surface area contributed by atoms with Crippen LogP contribution in [-0.2, 0) is 22.2 Å². The summed E-state index contributed by atoms with van der Waals surface area (Å²) in [5, 5.41) is 0. The first-order valence-electron chi connectivity index (χ1n) is 0.639. The Morgan fingerprint density at radius 2 is 1.60 bits per heavy atom. The van der Waals surface area contributed by atoms with Crippen molar-refractivity contribution in [1.29, 1.82) is 0 Å². The first-order chi connectivity index (χ1) is 2.00. The second kappa shape index (κ2) is 1.51. The molecule has 0 fully saturated rings. The van der Waals surface area contributed by atoms with Crippen LogP contribution < -0.4 is 0 Å². The van der Waals surface area contributed by atoms with Gasteiger partial charge in [0.25, 0.3) is 0 Å². The Morgan fingerprint density at radius 1 is 1.60 bits per heavy atom. The summed E-state index contributed by atoms with van der Waals surface area (Å²) in [5.74, 6) is 0. The van der Waals surface area contributed by atoms with Crippen LogP contribution in [0.25, 0.3) is 0 Å². The van der Waals surface area contributed by atoms with Crippen LogP contribution in [0.1, 0.15) is 0 Å². The summed E-state index contributed by atoms with van der Waals surface area (Å²) in [6.45, 7) is 0. The number of hydrogen-bond acceptors (Lipinski definition) is 2. The van der Waals surface area contributed by atoms with Crippen molar-refractivity contribution in [3.8, 4) is 0 Å². The molecule has 5 heteroatoms. The molecule has 0 rings (SSSR count). The minimum atomic E-state index is -3.41. The molecular weight excluding hydrogens is 160 g/mol. The summed E-state index contributed by atoms with van der Waals surface area (Å²) in [6.07, 6.45) is 0. The van der Waals surface area contributed by atoms with Crippen LogP contribution in [0.5, 0.6) is 0 Å². The molecule has 0 unspecified atom stereocenters. The van der Waals surface area contributed by atoms with Crippen LogP contribution in [0.2, 0.25) is 0 Å². The van der Waals surface area contributed by atoms with Crippen LogP contribution in [0, 0.1) is 0 Å². The molecule has 0 aliphatic carbocycles. The molecule has 0 heterocycles. The van der Waals surface area contributed by atoms with Crippen molar-refractivity contribution in [1.82, 2.24) is 0 Å². The normalized spacial score (nSPS) is 11.8. The van der Waals surface area contributed by atoms with Crippen LogP contribution in [0.4, 0.5) is 0 Å². The molecule has 0 aliphatic rings. The predicted octanol–water partition coefficient (Wildman–Crippen LogP) is -0.292. The Labute approximate surface area is 42.6 Å². The summed E-state index contributed by atoms with van der Waals surface area (Å²) in [6, 6.07) is 0. The summed E-state index contributed by atoms with van der Waals surface area (Å²) in [5.41, 5.74) is 0. The Balaban J connectivity index is 4.06. The van der Waals surface area contributed by atoms with Crippen LogP contribution in [0.3, 0.4) is 0 Å². The Morgan fingerprint density at radius 3 is 1.60 bits per heavy atom. The molecule has 0 aromatic rings. The molecule has 36 valence electrons. The van der Waals surface area contributed by atoms with Gasteiger partial charge < -0.3 is 0 Å². The SMILES string of the molecule is O=[S](=O)(S)[Cu]. The van der Waals surface area contributed by atoms with Crippen molar-refractivity contribution in [2.45, 2.75) is 0 Å². The van der Waals surface area contributed by atoms with Crippen LogP contribution in [0.15, 0.2) is 0 Å². The third kappa shape index (κ3) is 57.1. The van der Waals surface area contributed by atoms with Gasteiger partial charge in [-0.3, -0.25) is 0 Å². The zero-order valence-electron chi connectivity index (χ0n) is 1.97. The average Bonchev–Trinajstić information content (AvgIpc) is 0.722. The second-order valence-electron chi connectivity index (χ2n) is 0.373. The fraction of sp³-hybridized carbons (Fsp3) is 0. The van der Waals surface area contributed by atoms with E-state index in [1.807, 2.05) is 0 Å². The van der Waals surface area contributed by atoms with Gasteiger partial charge in [0.2, 0.25) is 0 Å². The van der Waals surface area contributed by atoms with E-state index in [1.165, 1.54) is 0 Å². The first kappa shape index (κ1) is 5.82. The van der Waals surface area contributed by atoms with E-state index in [9.17, 15) is 8.42 Å². The monoisotopic (exact) mass is 160 g/mol. The van der Waals surface area contributed by atoms with Gasteiger partial charge in [-0.25, -0.2) is 0 Å². The zero-order valence-corrected chi connectivity index (χ0v) is 4.63. The first-order valence-corrected chi connectivity index (χ1v) is 4.17. The third-order valence-corrected chi connectivity index (χ3v) is 0. The van der Waals surface area contributed by atoms with E-state index in [0.717, 1.165) is 0 Å². The Kier molecular flexibility index (Phi) is 1.76. The molecule has 0 saturated heterocycles. The molecule has 0 aromatic carbocycles. The molecular formula is HCuO2S2. The van der Waals surface area contributed by atoms with Gasteiger partial charge in [-0.05, 0) is 0 Å². The van der Waals surface area contributed by atoms with Crippen LogP contribution in [-0.4, -0.2) is 8.42 Å². The van der Waals surface area contributed by atoms with E-state index < -0.39 is 7.29 Å². The molecule has 0 atom stereocenters. The van der Waals surface area contributed by atoms with Crippen molar-refractivity contribution in [2.24, 2.45) is 0 Å². The summed E-state index contributed by atoms with van der Waals surface area (Å²) in [4.78, 5) is 0. The molecule has 0 bridgehead atoms. The van der Waals surface area contributed by atoms with Gasteiger partial charge in [-0.2, -0.15) is 0 Å². The summed E-state index contributed by atoms with van der Waals surface area (Å²) in [7, 11) is -3.41. The van der Waals surface area contributed by atoms with E-state index in [0.29, 0.717) is 0 Å². The van der Waals surface area contributed by atoms with Crippen molar-refractivity contribution in [3.05, 3.63) is 0 Å². The molecule has 0 saturated carbocycles. The van der Waals surface area contributed by atoms with Gasteiger partial charge in [0, 0.05) is 0 Å². The van der Waals surface area contributed by atoms with Gasteiger partial charge in [0.05, 0.1) is 0 Å². The van der Waals surface area contributed by atoms with Gasteiger partial charge >= 0.3 is 42.3 Å². The number of hydrogen-bond donors (Lipinski definition) is 1. The van der Waals surface area contributed by atoms with E-state index >= 15 is 0 Å². The van der Waals surface area contributed by atoms with E-state index in [2.05, 4.69) is 26.6 Å². The van der Waals surface area contributed by atoms with E-state index in [1.54, 1.807) is 0 Å². The van der Waals surface area contributed by atoms with Gasteiger partial charge in [-0.1, -0.05) is 0 Å². The van der Waals surface area contributed by atoms with Crippen LogP contribution >= 0.6 is 11.7 Å². The van der Waals surface area contributed by atoms with Gasteiger partial charge in [-0.15, -0.1) is 0 Å². The topological polar surface area (TPSA) is 34.1 Å². The van der Waals surface area contributed by atoms with Gasteiger partial charge in [0.15, 0.2) is 0 Å². The molecule has 0 radical (unpaired) electrons. The number of rotatable bonds is 0. The molecule has 0 spiro atoms. The van der Waals surface area contributed by atoms with Crippen molar-refractivity contribution in [2.75, 3.05) is 0 Å². The standard InChI is InChI=1S/Cu.HO2S2/c;1-4(2)3/h;(H,1,2,3). The van der Waals surface area contributed by atoms with E-state index in [-0.39, 0.29) is 0 Å². The fourth-order valence-electron chi connectivity index (χ4n) is 0. The number of thiol groups is 1. The molecule has 0 N–H and O–H groups in total. The van der Waals surface area contributed by atoms with Gasteiger partial charge in [0.1, 0.15) is 0 Å². The maximum absolute atomic E-state index is 9.30. The average molecular weight is 161 g/mol. The molecule has 0 amide bonds. The Bertz CT molecular complexity index is 90.8. The van der Waals surface area contributed by atoms with Crippen molar-refractivity contribution < 1.29 is 23.3 Å². The fourth-order valence-corrected chi connectivity index (χ4v) is 0. The summed E-state index contributed by atoms with van der Waals surface area (Å²) >= 11 is 6.70. The van der Waals surface area contributed by atoms with Crippen molar-refractivity contribution in [3.63, 3.8) is 0 Å². The molecule has 0 aromatic heterocycles. The van der Waals surface area contributed by atoms with Crippen molar-refractivity contribution >= 4 is 18.9 Å². The Hall–Kier alpha value is 0.819. The van der Waals surface area contributed by atoms with E-state index in [4.69, 9.17) is 0 Å². The quantitative estimate of drug-likeness (QED) is 0.300. The predicted molar refractivity (Wildman–Crippen MR) is 17.9 cm³/mol.